The fourth-order valence-electron chi connectivity index (χ4n) is 2.75. The van der Waals surface area contributed by atoms with Gasteiger partial charge in [0.25, 0.3) is 0 Å². The number of carbonyl (C=O) groups is 1. The molecule has 26 heavy (non-hydrogen) atoms. The Hall–Kier alpha value is -3.51. The van der Waals surface area contributed by atoms with Crippen LogP contribution in [0.25, 0.3) is 0 Å². The van der Waals surface area contributed by atoms with Gasteiger partial charge in [0.2, 0.25) is 5.60 Å². The van der Waals surface area contributed by atoms with E-state index in [1.54, 1.807) is 12.1 Å². The predicted octanol–water partition coefficient (Wildman–Crippen LogP) is 4.92. The number of carbonyl (C=O) groups excluding carboxylic acids is 1. The van der Waals surface area contributed by atoms with Gasteiger partial charge in [-0.15, -0.1) is 6.42 Å². The average Bonchev–Trinajstić information content (AvgIpc) is 2.68. The SMILES string of the molecule is C#CC(OC(C)=O)(c1ccccc1)c1ccc(Oc2ccccc2)cc1. The molecule has 0 bridgehead atoms. The summed E-state index contributed by atoms with van der Waals surface area (Å²) >= 11 is 0. The lowest BCUT2D eigenvalue weighted by Gasteiger charge is -2.29. The van der Waals surface area contributed by atoms with E-state index < -0.39 is 11.6 Å². The monoisotopic (exact) mass is 342 g/mol. The van der Waals surface area contributed by atoms with Crippen LogP contribution >= 0.6 is 0 Å². The number of benzene rings is 3. The molecular formula is C23H18O3. The highest BCUT2D eigenvalue weighted by Crippen LogP contribution is 2.35. The lowest BCUT2D eigenvalue weighted by Crippen LogP contribution is -2.31. The molecule has 0 saturated carbocycles. The first-order valence-electron chi connectivity index (χ1n) is 8.20. The van der Waals surface area contributed by atoms with E-state index in [-0.39, 0.29) is 0 Å². The Labute approximate surface area is 153 Å². The Morgan fingerprint density at radius 2 is 1.31 bits per heavy atom. The first-order valence-corrected chi connectivity index (χ1v) is 8.20. The van der Waals surface area contributed by atoms with Crippen LogP contribution < -0.4 is 4.74 Å². The van der Waals surface area contributed by atoms with Gasteiger partial charge >= 0.3 is 5.97 Å². The minimum absolute atomic E-state index is 0.448. The van der Waals surface area contributed by atoms with Crippen LogP contribution in [-0.4, -0.2) is 5.97 Å². The van der Waals surface area contributed by atoms with Gasteiger partial charge in [0.15, 0.2) is 0 Å². The molecule has 0 aliphatic rings. The number of rotatable bonds is 5. The molecule has 3 rings (SSSR count). The van der Waals surface area contributed by atoms with Gasteiger partial charge in [-0.3, -0.25) is 4.79 Å². The minimum atomic E-state index is -1.28. The van der Waals surface area contributed by atoms with Crippen LogP contribution in [0, 0.1) is 12.3 Å². The molecule has 3 aromatic carbocycles. The van der Waals surface area contributed by atoms with Crippen LogP contribution in [0.5, 0.6) is 11.5 Å². The summed E-state index contributed by atoms with van der Waals surface area (Å²) in [5, 5.41) is 0. The smallest absolute Gasteiger partial charge is 0.304 e. The second-order valence-electron chi connectivity index (χ2n) is 5.72. The highest BCUT2D eigenvalue weighted by Gasteiger charge is 2.35. The van der Waals surface area contributed by atoms with Gasteiger partial charge in [0.1, 0.15) is 11.5 Å². The molecule has 0 fully saturated rings. The molecule has 0 amide bonds. The van der Waals surface area contributed by atoms with Crippen LogP contribution in [0.4, 0.5) is 0 Å². The Kier molecular flexibility index (Phi) is 5.05. The molecule has 1 atom stereocenters. The molecule has 3 aromatic rings. The maximum absolute atomic E-state index is 11.7. The highest BCUT2D eigenvalue weighted by molar-refractivity contribution is 5.68. The largest absolute Gasteiger partial charge is 0.457 e. The van der Waals surface area contributed by atoms with Crippen molar-refractivity contribution in [2.24, 2.45) is 0 Å². The Morgan fingerprint density at radius 1 is 0.808 bits per heavy atom. The fraction of sp³-hybridized carbons (Fsp3) is 0.0870. The molecule has 0 spiro atoms. The fourth-order valence-corrected chi connectivity index (χ4v) is 2.75. The summed E-state index contributed by atoms with van der Waals surface area (Å²) in [6.07, 6.45) is 5.82. The molecule has 128 valence electrons. The lowest BCUT2D eigenvalue weighted by atomic mass is 9.86. The summed E-state index contributed by atoms with van der Waals surface area (Å²) in [6, 6.07) is 26.0. The molecule has 0 radical (unpaired) electrons. The zero-order chi connectivity index (χ0) is 18.4. The standard InChI is InChI=1S/C23H18O3/c1-3-23(26-18(2)24,19-10-6-4-7-11-19)20-14-16-22(17-15-20)25-21-12-8-5-9-13-21/h1,4-17H,2H3. The average molecular weight is 342 g/mol. The molecule has 0 aromatic heterocycles. The number of para-hydroxylation sites is 1. The zero-order valence-electron chi connectivity index (χ0n) is 14.4. The van der Waals surface area contributed by atoms with E-state index in [0.717, 1.165) is 11.3 Å². The molecule has 0 saturated heterocycles. The van der Waals surface area contributed by atoms with Crippen molar-refractivity contribution in [2.45, 2.75) is 12.5 Å². The third-order valence-electron chi connectivity index (χ3n) is 3.92. The van der Waals surface area contributed by atoms with E-state index >= 15 is 0 Å². The van der Waals surface area contributed by atoms with Gasteiger partial charge in [-0.05, 0) is 42.3 Å². The molecule has 3 nitrogen and oxygen atoms in total. The third-order valence-corrected chi connectivity index (χ3v) is 3.92. The van der Waals surface area contributed by atoms with Crippen molar-refractivity contribution in [1.29, 1.82) is 0 Å². The number of terminal acetylenes is 1. The van der Waals surface area contributed by atoms with Crippen LogP contribution in [0.1, 0.15) is 18.1 Å². The normalized spacial score (nSPS) is 12.5. The van der Waals surface area contributed by atoms with Crippen molar-refractivity contribution in [2.75, 3.05) is 0 Å². The van der Waals surface area contributed by atoms with E-state index in [9.17, 15) is 4.79 Å². The zero-order valence-corrected chi connectivity index (χ0v) is 14.4. The summed E-state index contributed by atoms with van der Waals surface area (Å²) in [4.78, 5) is 11.7. The molecule has 0 heterocycles. The second-order valence-corrected chi connectivity index (χ2v) is 5.72. The number of hydrogen-bond acceptors (Lipinski definition) is 3. The summed E-state index contributed by atoms with van der Waals surface area (Å²) < 4.78 is 11.4. The van der Waals surface area contributed by atoms with Crippen molar-refractivity contribution in [3.8, 4) is 23.8 Å². The number of hydrogen-bond donors (Lipinski definition) is 0. The van der Waals surface area contributed by atoms with E-state index in [0.29, 0.717) is 11.3 Å². The van der Waals surface area contributed by atoms with Crippen LogP contribution in [-0.2, 0) is 15.1 Å². The molecule has 0 aliphatic heterocycles. The van der Waals surface area contributed by atoms with Crippen molar-refractivity contribution >= 4 is 5.97 Å². The van der Waals surface area contributed by atoms with Crippen LogP contribution in [0.3, 0.4) is 0 Å². The Balaban J connectivity index is 1.97. The van der Waals surface area contributed by atoms with Crippen molar-refractivity contribution in [3.05, 3.63) is 96.1 Å². The summed E-state index contributed by atoms with van der Waals surface area (Å²) in [5.41, 5.74) is 0.120. The van der Waals surface area contributed by atoms with Gasteiger partial charge in [-0.25, -0.2) is 0 Å². The topological polar surface area (TPSA) is 35.5 Å². The van der Waals surface area contributed by atoms with E-state index in [1.807, 2.05) is 72.8 Å². The third kappa shape index (κ3) is 3.60. The van der Waals surface area contributed by atoms with E-state index in [2.05, 4.69) is 5.92 Å². The maximum atomic E-state index is 11.7. The minimum Gasteiger partial charge on any atom is -0.457 e. The first-order chi connectivity index (χ1) is 12.6. The van der Waals surface area contributed by atoms with Crippen LogP contribution in [0.2, 0.25) is 0 Å². The molecule has 1 unspecified atom stereocenters. The number of ether oxygens (including phenoxy) is 2. The molecular weight excluding hydrogens is 324 g/mol. The second kappa shape index (κ2) is 7.58. The maximum Gasteiger partial charge on any atom is 0.304 e. The van der Waals surface area contributed by atoms with E-state index in [1.165, 1.54) is 6.92 Å². The highest BCUT2D eigenvalue weighted by atomic mass is 16.6. The number of esters is 1. The van der Waals surface area contributed by atoms with Crippen molar-refractivity contribution in [3.63, 3.8) is 0 Å². The van der Waals surface area contributed by atoms with Gasteiger partial charge in [-0.2, -0.15) is 0 Å². The van der Waals surface area contributed by atoms with Crippen molar-refractivity contribution < 1.29 is 14.3 Å². The Morgan fingerprint density at radius 3 is 1.85 bits per heavy atom. The summed E-state index contributed by atoms with van der Waals surface area (Å²) in [7, 11) is 0. The Bertz CT molecular complexity index is 909. The van der Waals surface area contributed by atoms with Crippen molar-refractivity contribution in [1.82, 2.24) is 0 Å². The summed E-state index contributed by atoms with van der Waals surface area (Å²) in [6.45, 7) is 1.35. The predicted molar refractivity (Wildman–Crippen MR) is 101 cm³/mol. The summed E-state index contributed by atoms with van der Waals surface area (Å²) in [5.74, 6) is 3.63. The van der Waals surface area contributed by atoms with Crippen LogP contribution in [0.15, 0.2) is 84.9 Å². The van der Waals surface area contributed by atoms with Gasteiger partial charge in [0, 0.05) is 18.1 Å². The van der Waals surface area contributed by atoms with Gasteiger partial charge < -0.3 is 9.47 Å². The molecule has 3 heteroatoms. The molecule has 0 aliphatic carbocycles. The van der Waals surface area contributed by atoms with Gasteiger partial charge in [-0.1, -0.05) is 48.5 Å². The molecule has 0 N–H and O–H groups in total. The quantitative estimate of drug-likeness (QED) is 0.488. The lowest BCUT2D eigenvalue weighted by molar-refractivity contribution is -0.149. The van der Waals surface area contributed by atoms with Gasteiger partial charge in [0.05, 0.1) is 0 Å². The first kappa shape index (κ1) is 17.3. The van der Waals surface area contributed by atoms with E-state index in [4.69, 9.17) is 15.9 Å².